The van der Waals surface area contributed by atoms with Gasteiger partial charge >= 0.3 is 0 Å². The number of aromatic hydroxyl groups is 10. The van der Waals surface area contributed by atoms with Crippen molar-refractivity contribution >= 4 is 139 Å². The van der Waals surface area contributed by atoms with Crippen LogP contribution in [0.15, 0.2) is 304 Å². The monoisotopic (exact) mass is 1850 g/mol. The molecule has 0 amide bonds. The molecule has 27 rings (SSSR count). The zero-order chi connectivity index (χ0) is 95.8. The van der Waals surface area contributed by atoms with Gasteiger partial charge in [-0.1, -0.05) is 65.9 Å². The van der Waals surface area contributed by atoms with E-state index in [2.05, 4.69) is 153 Å². The summed E-state index contributed by atoms with van der Waals surface area (Å²) in [5.41, 5.74) is 37.0. The lowest BCUT2D eigenvalue weighted by Crippen LogP contribution is -1.93. The molecule has 10 aromatic heterocycles. The van der Waals surface area contributed by atoms with Crippen molar-refractivity contribution < 1.29 is 51.1 Å². The van der Waals surface area contributed by atoms with Crippen LogP contribution in [0.5, 0.6) is 57.5 Å². The van der Waals surface area contributed by atoms with Crippen LogP contribution in [-0.4, -0.2) is 106 Å². The van der Waals surface area contributed by atoms with Crippen LogP contribution in [0.2, 0.25) is 0 Å². The molecule has 0 fully saturated rings. The molecule has 19 N–H and O–H groups in total. The van der Waals surface area contributed by atoms with Gasteiger partial charge in [0.25, 0.3) is 0 Å². The van der Waals surface area contributed by atoms with E-state index in [0.717, 1.165) is 279 Å². The molecule has 2 aliphatic heterocycles. The van der Waals surface area contributed by atoms with E-state index < -0.39 is 0 Å². The number of phenols is 10. The molecule has 21 nitrogen and oxygen atoms in total. The molecule has 0 atom stereocenters. The first-order valence-corrected chi connectivity index (χ1v) is 46.1. The first-order valence-electron chi connectivity index (χ1n) is 46.1. The summed E-state index contributed by atoms with van der Waals surface area (Å²) in [6.45, 7) is 0. The fourth-order valence-corrected chi connectivity index (χ4v) is 20.4. The van der Waals surface area contributed by atoms with Crippen molar-refractivity contribution in [2.24, 2.45) is 0 Å². The van der Waals surface area contributed by atoms with E-state index in [1.54, 1.807) is 109 Å². The largest absolute Gasteiger partial charge is 0.508 e. The number of fused-ring (bicyclic) bond motifs is 18. The standard InChI is InChI=1S/C53H35N7O4.C37H22N2O3.C31H22N2O3/c61-27-2-7-31-26(19-27)1-6-35(31)50-39-11-13-41(57-39)51(36-23-54-47-20-28(62)3-8-32(36)47)43-15-17-45(59-43)53(38-25-56-49-22-30(64)5-10-34(38)49)46-18-16-44(60-46)52(42-14-12-40(50)58-42)37-24-55-48-21-29(63)4-9-33(37)48;40-30-9-12-33-26(7-8-27(33)18-30)4-1-23-15-24(2-5-28-21-38-36-19-31(41)10-13-34(28)36)17-25(16-23)3-6-29-22-39-37-20-32(42)11-14-35(29)37;34-21-2-6-24-17(12-21)1-5-25(24)18-9-19(28-15-32-30-13-22(35)3-7-26(28)30)11-20(10-18)29-16-33-31-14-23(36)4-8-27(29)31/h2-25,54-57,60-64H,1H2;7,9-22,38-42H,8H2;2-16,32-36H,1H2. The number of allylic oxidation sites excluding steroid dienone is 4. The number of aromatic nitrogens is 11. The van der Waals surface area contributed by atoms with Crippen LogP contribution in [0.3, 0.4) is 0 Å². The molecule has 0 radical (unpaired) electrons. The summed E-state index contributed by atoms with van der Waals surface area (Å²) in [5.74, 6) is 21.7. The third-order valence-corrected chi connectivity index (χ3v) is 27.0. The second kappa shape index (κ2) is 33.5. The maximum absolute atomic E-state index is 10.5. The van der Waals surface area contributed by atoms with Gasteiger partial charge in [0.05, 0.1) is 44.9 Å². The Kier molecular flexibility index (Phi) is 19.7. The van der Waals surface area contributed by atoms with Crippen molar-refractivity contribution in [1.82, 2.24) is 54.8 Å². The van der Waals surface area contributed by atoms with E-state index in [-0.39, 0.29) is 57.5 Å². The Bertz CT molecular complexity index is 9490. The van der Waals surface area contributed by atoms with Gasteiger partial charge in [-0.25, -0.2) is 9.97 Å². The van der Waals surface area contributed by atoms with E-state index >= 15 is 0 Å². The van der Waals surface area contributed by atoms with Crippen molar-refractivity contribution in [1.29, 1.82) is 0 Å². The average Bonchev–Trinajstić information content (AvgIpc) is 1.59. The predicted molar refractivity (Wildman–Crippen MR) is 563 cm³/mol. The summed E-state index contributed by atoms with van der Waals surface area (Å²) < 4.78 is 0. The lowest BCUT2D eigenvalue weighted by molar-refractivity contribution is 0.474. The molecule has 12 aromatic carbocycles. The van der Waals surface area contributed by atoms with Crippen LogP contribution in [-0.2, 0) is 19.3 Å². The van der Waals surface area contributed by atoms with Crippen LogP contribution < -0.4 is 0 Å². The first kappa shape index (κ1) is 83.7. The summed E-state index contributed by atoms with van der Waals surface area (Å²) in [5, 5.41) is 108. The maximum Gasteiger partial charge on any atom is 0.117 e. The van der Waals surface area contributed by atoms with Crippen LogP contribution >= 0.6 is 0 Å². The molecule has 142 heavy (non-hydrogen) atoms. The van der Waals surface area contributed by atoms with Gasteiger partial charge in [0, 0.05) is 246 Å². The van der Waals surface area contributed by atoms with Crippen molar-refractivity contribution in [2.75, 3.05) is 0 Å². The van der Waals surface area contributed by atoms with Crippen LogP contribution in [0.25, 0.3) is 195 Å². The minimum Gasteiger partial charge on any atom is -0.508 e. The molecule has 21 heteroatoms. The SMILES string of the molecule is Oc1ccc2c(c1)CC=C2C#Cc1cc(C#Cc2c[nH]c3cc(O)ccc23)cc(C#Cc2c[nH]c3cc(O)ccc23)c1.Oc1ccc2c(c1)CC=C2c1c2nc(c(-c3c[nH]c4cc(O)ccc34)c3ccc([nH]3)c(-c3c[nH]c4cc(O)ccc34)c3nc(c(-c4c[nH]c5cc(O)ccc45)c4ccc1[nH]4)C=C3)C=C2.Oc1ccc2c(c1)CC=C2c1cc(-c2c[nH]c3cc(O)ccc23)cc(-c2c[nH]c3cc(O)ccc23)c1. The molecule has 22 aromatic rings. The zero-order valence-corrected chi connectivity index (χ0v) is 75.2. The van der Waals surface area contributed by atoms with Crippen LogP contribution in [0.1, 0.15) is 95.1 Å². The first-order chi connectivity index (χ1) is 69.3. The van der Waals surface area contributed by atoms with E-state index in [4.69, 9.17) is 9.97 Å². The number of nitrogens with one attached hydrogen (secondary N) is 9. The van der Waals surface area contributed by atoms with Crippen molar-refractivity contribution in [2.45, 2.75) is 19.3 Å². The van der Waals surface area contributed by atoms with Gasteiger partial charge in [-0.3, -0.25) is 0 Å². The van der Waals surface area contributed by atoms with Crippen molar-refractivity contribution in [3.63, 3.8) is 0 Å². The highest BCUT2D eigenvalue weighted by atomic mass is 16.3. The summed E-state index contributed by atoms with van der Waals surface area (Å²) in [7, 11) is 0. The van der Waals surface area contributed by atoms with Crippen LogP contribution in [0.4, 0.5) is 0 Å². The van der Waals surface area contributed by atoms with Gasteiger partial charge in [-0.2, -0.15) is 0 Å². The number of rotatable bonds is 7. The normalized spacial score (nSPS) is 12.6. The van der Waals surface area contributed by atoms with E-state index in [1.807, 2.05) is 147 Å². The molecule has 0 spiro atoms. The molecule has 0 saturated heterocycles. The van der Waals surface area contributed by atoms with Gasteiger partial charge in [0.1, 0.15) is 57.5 Å². The van der Waals surface area contributed by atoms with Crippen molar-refractivity contribution in [3.8, 4) is 149 Å². The Morgan fingerprint density at radius 3 is 0.887 bits per heavy atom. The van der Waals surface area contributed by atoms with E-state index in [0.29, 0.717) is 6.42 Å². The highest BCUT2D eigenvalue weighted by Gasteiger charge is 2.28. The van der Waals surface area contributed by atoms with Gasteiger partial charge in [-0.15, -0.1) is 0 Å². The number of hydrogen-bond acceptors (Lipinski definition) is 12. The topological polar surface area (TPSA) is 370 Å². The lowest BCUT2D eigenvalue weighted by atomic mass is 9.91. The zero-order valence-electron chi connectivity index (χ0n) is 75.2. The highest BCUT2D eigenvalue weighted by Crippen LogP contribution is 2.48. The number of H-pyrrole nitrogens is 9. The smallest absolute Gasteiger partial charge is 0.117 e. The summed E-state index contributed by atoms with van der Waals surface area (Å²) in [6.07, 6.45) is 30.4. The Hall–Kier alpha value is -20.1. The van der Waals surface area contributed by atoms with E-state index in [9.17, 15) is 51.1 Å². The molecule has 0 unspecified atom stereocenters. The number of benzene rings is 12. The molecule has 3 aliphatic carbocycles. The minimum atomic E-state index is 0.164. The molecular formula is C121H79N11O10. The van der Waals surface area contributed by atoms with E-state index in [1.165, 1.54) is 0 Å². The molecular weight excluding hydrogens is 1770 g/mol. The fraction of sp³-hybridized carbons (Fsp3) is 0.0248. The quantitative estimate of drug-likeness (QED) is 0.0662. The lowest BCUT2D eigenvalue weighted by Gasteiger charge is -2.12. The highest BCUT2D eigenvalue weighted by molar-refractivity contribution is 6.11. The van der Waals surface area contributed by atoms with Gasteiger partial charge in [0.2, 0.25) is 0 Å². The predicted octanol–water partition coefficient (Wildman–Crippen LogP) is 25.6. The molecule has 5 aliphatic rings. The molecule has 0 saturated carbocycles. The number of phenolic OH excluding ortho intramolecular Hbond substituents is 10. The Morgan fingerprint density at radius 1 is 0.211 bits per heavy atom. The van der Waals surface area contributed by atoms with Gasteiger partial charge < -0.3 is 95.9 Å². The third kappa shape index (κ3) is 15.1. The Labute approximate surface area is 807 Å². The summed E-state index contributed by atoms with van der Waals surface area (Å²) >= 11 is 0. The minimum absolute atomic E-state index is 0.164. The van der Waals surface area contributed by atoms with Crippen molar-refractivity contribution in [3.05, 3.63) is 399 Å². The summed E-state index contributed by atoms with van der Waals surface area (Å²) in [4.78, 5) is 41.6. The van der Waals surface area contributed by atoms with Crippen LogP contribution in [0, 0.1) is 35.5 Å². The second-order valence-electron chi connectivity index (χ2n) is 35.9. The number of aromatic amines is 9. The fourth-order valence-electron chi connectivity index (χ4n) is 20.4. The Morgan fingerprint density at radius 2 is 0.493 bits per heavy atom. The summed E-state index contributed by atoms with van der Waals surface area (Å²) in [6, 6.07) is 74.3. The average molecular weight is 1850 g/mol. The maximum atomic E-state index is 10.5. The third-order valence-electron chi connectivity index (χ3n) is 27.0. The number of hydrogen-bond donors (Lipinski definition) is 19. The molecule has 12 heterocycles. The Balaban J connectivity index is 0.000000118. The number of nitrogens with zero attached hydrogens (tertiary/aromatic N) is 2. The second-order valence-corrected chi connectivity index (χ2v) is 35.9. The van der Waals surface area contributed by atoms with Gasteiger partial charge in [-0.05, 0) is 293 Å². The molecule has 678 valence electrons. The molecule has 8 bridgehead atoms. The van der Waals surface area contributed by atoms with Gasteiger partial charge in [0.15, 0.2) is 0 Å².